The zero-order chi connectivity index (χ0) is 26.9. The van der Waals surface area contributed by atoms with Crippen LogP contribution in [0.15, 0.2) is 10.8 Å². The Labute approximate surface area is 245 Å². The second kappa shape index (κ2) is 24.1. The van der Waals surface area contributed by atoms with E-state index in [-0.39, 0.29) is 0 Å². The van der Waals surface area contributed by atoms with Crippen molar-refractivity contribution >= 4 is 32.1 Å². The Balaban J connectivity index is 1.47. The van der Waals surface area contributed by atoms with Crippen molar-refractivity contribution in [2.24, 2.45) is 0 Å². The predicted molar refractivity (Wildman–Crippen MR) is 177 cm³/mol. The van der Waals surface area contributed by atoms with Crippen molar-refractivity contribution in [2.75, 3.05) is 0 Å². The molecule has 0 fully saturated rings. The van der Waals surface area contributed by atoms with Crippen molar-refractivity contribution < 1.29 is 0 Å². The first-order valence-corrected chi connectivity index (χ1v) is 18.6. The summed E-state index contributed by atoms with van der Waals surface area (Å²) >= 11 is 3.85. The van der Waals surface area contributed by atoms with Gasteiger partial charge in [-0.1, -0.05) is 167 Å². The minimum atomic E-state index is 1.06. The lowest BCUT2D eigenvalue weighted by atomic mass is 10.0. The number of fused-ring (bicyclic) bond motifs is 1. The van der Waals surface area contributed by atoms with Crippen LogP contribution in [-0.4, -0.2) is 0 Å². The fraction of sp³-hybridized carbons (Fsp3) is 0.778. The fourth-order valence-corrected chi connectivity index (χ4v) is 7.85. The number of hydrogen-bond acceptors (Lipinski definition) is 2. The molecule has 216 valence electrons. The second-order valence-electron chi connectivity index (χ2n) is 11.6. The van der Waals surface area contributed by atoms with Crippen LogP contribution in [-0.2, 0) is 6.42 Å². The lowest BCUT2D eigenvalue weighted by Crippen LogP contribution is -1.85. The van der Waals surface area contributed by atoms with Crippen molar-refractivity contribution in [3.8, 4) is 11.8 Å². The topological polar surface area (TPSA) is 0 Å². The predicted octanol–water partition coefficient (Wildman–Crippen LogP) is 13.6. The molecular formula is C36H60S2. The van der Waals surface area contributed by atoms with Crippen LogP contribution in [0.4, 0.5) is 0 Å². The van der Waals surface area contributed by atoms with Crippen LogP contribution in [0.3, 0.4) is 0 Å². The Morgan fingerprint density at radius 2 is 0.895 bits per heavy atom. The van der Waals surface area contributed by atoms with E-state index in [1.54, 1.807) is 5.56 Å². The van der Waals surface area contributed by atoms with Crippen molar-refractivity contribution in [3.63, 3.8) is 0 Å². The molecule has 0 unspecified atom stereocenters. The highest BCUT2D eigenvalue weighted by atomic mass is 32.1. The summed E-state index contributed by atoms with van der Waals surface area (Å²) < 4.78 is 2.97. The van der Waals surface area contributed by atoms with Crippen LogP contribution in [0.5, 0.6) is 0 Å². The third kappa shape index (κ3) is 15.7. The summed E-state index contributed by atoms with van der Waals surface area (Å²) in [4.78, 5) is 0. The lowest BCUT2D eigenvalue weighted by molar-refractivity contribution is 0.539. The zero-order valence-electron chi connectivity index (χ0n) is 25.4. The van der Waals surface area contributed by atoms with Crippen LogP contribution in [0.25, 0.3) is 9.40 Å². The summed E-state index contributed by atoms with van der Waals surface area (Å²) in [5, 5.41) is 4.72. The van der Waals surface area contributed by atoms with E-state index in [0.29, 0.717) is 0 Å². The third-order valence-corrected chi connectivity index (χ3v) is 10.3. The normalized spacial score (nSPS) is 11.3. The molecule has 0 aliphatic rings. The monoisotopic (exact) mass is 556 g/mol. The van der Waals surface area contributed by atoms with Crippen molar-refractivity contribution in [2.45, 2.75) is 181 Å². The van der Waals surface area contributed by atoms with Crippen molar-refractivity contribution in [1.29, 1.82) is 0 Å². The van der Waals surface area contributed by atoms with Gasteiger partial charge in [0.05, 0.1) is 10.3 Å². The molecule has 0 amide bonds. The second-order valence-corrected chi connectivity index (χ2v) is 13.4. The highest BCUT2D eigenvalue weighted by Crippen LogP contribution is 2.35. The highest BCUT2D eigenvalue weighted by molar-refractivity contribution is 7.26. The van der Waals surface area contributed by atoms with Gasteiger partial charge in [0.2, 0.25) is 0 Å². The van der Waals surface area contributed by atoms with Gasteiger partial charge in [-0.05, 0) is 30.2 Å². The van der Waals surface area contributed by atoms with Crippen LogP contribution >= 0.6 is 22.7 Å². The SMILES string of the molecule is CCCCCCCCCCCCCC#Cc1csc2c(CCCCCCCCCCCCCCC)csc12. The maximum atomic E-state index is 3.50. The molecule has 0 saturated carbocycles. The molecule has 2 rings (SSSR count). The summed E-state index contributed by atoms with van der Waals surface area (Å²) in [7, 11) is 0. The zero-order valence-corrected chi connectivity index (χ0v) is 27.0. The molecule has 0 nitrogen and oxygen atoms in total. The molecule has 2 heterocycles. The summed E-state index contributed by atoms with van der Waals surface area (Å²) in [5.74, 6) is 6.98. The van der Waals surface area contributed by atoms with E-state index in [0.717, 1.165) is 6.42 Å². The highest BCUT2D eigenvalue weighted by Gasteiger charge is 2.09. The summed E-state index contributed by atoms with van der Waals surface area (Å²) in [6.45, 7) is 4.60. The van der Waals surface area contributed by atoms with Gasteiger partial charge in [-0.2, -0.15) is 0 Å². The van der Waals surface area contributed by atoms with Crippen LogP contribution in [0.2, 0.25) is 0 Å². The molecule has 38 heavy (non-hydrogen) atoms. The van der Waals surface area contributed by atoms with Crippen LogP contribution in [0.1, 0.15) is 185 Å². The van der Waals surface area contributed by atoms with Gasteiger partial charge in [-0.25, -0.2) is 0 Å². The van der Waals surface area contributed by atoms with Gasteiger partial charge >= 0.3 is 0 Å². The first-order valence-electron chi connectivity index (χ1n) is 16.8. The van der Waals surface area contributed by atoms with E-state index in [9.17, 15) is 0 Å². The van der Waals surface area contributed by atoms with Gasteiger partial charge in [0.15, 0.2) is 0 Å². The van der Waals surface area contributed by atoms with Gasteiger partial charge < -0.3 is 0 Å². The maximum absolute atomic E-state index is 3.50. The lowest BCUT2D eigenvalue weighted by Gasteiger charge is -2.03. The molecule has 0 aliphatic heterocycles. The summed E-state index contributed by atoms with van der Waals surface area (Å²) in [6.07, 6.45) is 36.3. The largest absolute Gasteiger partial charge is 0.141 e. The summed E-state index contributed by atoms with van der Waals surface area (Å²) in [5.41, 5.74) is 2.87. The van der Waals surface area contributed by atoms with Gasteiger partial charge in [-0.15, -0.1) is 22.7 Å². The molecule has 2 heteroatoms. The van der Waals surface area contributed by atoms with E-state index in [2.05, 4.69) is 36.4 Å². The number of rotatable bonds is 25. The van der Waals surface area contributed by atoms with Gasteiger partial charge in [0.1, 0.15) is 0 Å². The number of hydrogen-bond donors (Lipinski definition) is 0. The molecule has 0 radical (unpaired) electrons. The molecule has 0 N–H and O–H groups in total. The van der Waals surface area contributed by atoms with E-state index >= 15 is 0 Å². The fourth-order valence-electron chi connectivity index (χ4n) is 5.50. The minimum Gasteiger partial charge on any atom is -0.141 e. The molecule has 0 spiro atoms. The molecule has 2 aromatic rings. The number of thiophene rings is 2. The van der Waals surface area contributed by atoms with Gasteiger partial charge in [0, 0.05) is 16.5 Å². The van der Waals surface area contributed by atoms with Crippen molar-refractivity contribution in [3.05, 3.63) is 21.9 Å². The molecule has 0 saturated heterocycles. The van der Waals surface area contributed by atoms with Gasteiger partial charge in [-0.3, -0.25) is 0 Å². The average molecular weight is 557 g/mol. The summed E-state index contributed by atoms with van der Waals surface area (Å²) in [6, 6.07) is 0. The van der Waals surface area contributed by atoms with E-state index in [1.807, 2.05) is 22.7 Å². The molecule has 0 bridgehead atoms. The van der Waals surface area contributed by atoms with E-state index in [4.69, 9.17) is 0 Å². The minimum absolute atomic E-state index is 1.06. The van der Waals surface area contributed by atoms with E-state index < -0.39 is 0 Å². The van der Waals surface area contributed by atoms with E-state index in [1.165, 1.54) is 175 Å². The number of unbranched alkanes of at least 4 members (excludes halogenated alkanes) is 23. The Morgan fingerprint density at radius 3 is 1.39 bits per heavy atom. The Kier molecular flexibility index (Phi) is 21.2. The van der Waals surface area contributed by atoms with Gasteiger partial charge in [0.25, 0.3) is 0 Å². The Morgan fingerprint density at radius 1 is 0.474 bits per heavy atom. The molecule has 0 aliphatic carbocycles. The molecule has 0 aromatic carbocycles. The first-order chi connectivity index (χ1) is 18.9. The standard InChI is InChI=1S/C36H60S2/c1-3-5-7-9-11-13-15-17-19-21-23-25-27-29-33-31-37-36-34(32-38-35(33)36)30-28-26-24-22-20-18-16-14-12-10-8-6-4-2/h31-32H,3-27,29H2,1-2H3. The van der Waals surface area contributed by atoms with Crippen LogP contribution in [0, 0.1) is 11.8 Å². The smallest absolute Gasteiger partial charge is 0.0610 e. The van der Waals surface area contributed by atoms with Crippen molar-refractivity contribution in [1.82, 2.24) is 0 Å². The number of aryl methyl sites for hydroxylation is 1. The molecule has 0 atom stereocenters. The first kappa shape index (κ1) is 33.4. The van der Waals surface area contributed by atoms with Crippen LogP contribution < -0.4 is 0 Å². The molecular weight excluding hydrogens is 497 g/mol. The Bertz CT molecular complexity index is 846. The Hall–Kier alpha value is -0.780. The maximum Gasteiger partial charge on any atom is 0.0610 e. The molecule has 2 aromatic heterocycles. The quantitative estimate of drug-likeness (QED) is 0.0842. The average Bonchev–Trinajstić information content (AvgIpc) is 3.52. The third-order valence-electron chi connectivity index (χ3n) is 8.03.